The molecule has 0 amide bonds. The highest BCUT2D eigenvalue weighted by Gasteiger charge is 2.17. The van der Waals surface area contributed by atoms with Crippen LogP contribution in [0.4, 0.5) is 0 Å². The molecule has 0 fully saturated rings. The number of rotatable bonds is 5. The number of hydrogen-bond donors (Lipinski definition) is 0. The van der Waals surface area contributed by atoms with Gasteiger partial charge in [-0.3, -0.25) is 4.79 Å². The van der Waals surface area contributed by atoms with Crippen molar-refractivity contribution in [1.29, 1.82) is 0 Å². The molecule has 0 saturated heterocycles. The second kappa shape index (κ2) is 7.64. The molecule has 0 aliphatic heterocycles. The van der Waals surface area contributed by atoms with Crippen LogP contribution in [-0.2, 0) is 5.75 Å². The molecule has 6 heteroatoms. The lowest BCUT2D eigenvalue weighted by molar-refractivity contribution is 0.101. The number of carbonyl (C=O) groups excluding carboxylic acids is 1. The molecule has 0 bridgehead atoms. The number of nitrogens with zero attached hydrogens (tertiary/aromatic N) is 4. The van der Waals surface area contributed by atoms with Crippen LogP contribution in [-0.4, -0.2) is 26.0 Å². The Morgan fingerprint density at radius 1 is 1.04 bits per heavy atom. The van der Waals surface area contributed by atoms with Gasteiger partial charge in [-0.2, -0.15) is 4.68 Å². The van der Waals surface area contributed by atoms with E-state index in [4.69, 9.17) is 0 Å². The summed E-state index contributed by atoms with van der Waals surface area (Å²) in [6, 6.07) is 8.21. The molecule has 0 aliphatic rings. The van der Waals surface area contributed by atoms with Crippen molar-refractivity contribution in [3.8, 4) is 5.69 Å². The first kappa shape index (κ1) is 19.3. The Morgan fingerprint density at radius 2 is 1.78 bits per heavy atom. The maximum Gasteiger partial charge on any atom is 0.214 e. The van der Waals surface area contributed by atoms with E-state index in [0.717, 1.165) is 33.1 Å². The Balaban J connectivity index is 1.94. The Labute approximate surface area is 164 Å². The van der Waals surface area contributed by atoms with Crippen LogP contribution < -0.4 is 0 Å². The zero-order valence-corrected chi connectivity index (χ0v) is 17.4. The molecule has 0 saturated carbocycles. The molecule has 27 heavy (non-hydrogen) atoms. The molecule has 0 unspecified atom stereocenters. The highest BCUT2D eigenvalue weighted by atomic mass is 32.2. The molecule has 1 aromatic heterocycles. The lowest BCUT2D eigenvalue weighted by Crippen LogP contribution is -2.06. The molecule has 0 N–H and O–H groups in total. The number of aryl methyl sites for hydroxylation is 3. The lowest BCUT2D eigenvalue weighted by atomic mass is 9.92. The van der Waals surface area contributed by atoms with Crippen molar-refractivity contribution < 1.29 is 4.79 Å². The molecule has 0 spiro atoms. The van der Waals surface area contributed by atoms with Crippen LogP contribution in [0.5, 0.6) is 0 Å². The monoisotopic (exact) mass is 380 g/mol. The predicted molar refractivity (Wildman–Crippen MR) is 109 cm³/mol. The summed E-state index contributed by atoms with van der Waals surface area (Å²) >= 11 is 1.59. The van der Waals surface area contributed by atoms with Gasteiger partial charge in [-0.15, -0.1) is 5.10 Å². The SMILES string of the molecule is CC(=O)c1c(C)cc(C)c(CSc2nnnn2-c2cccc(C)c2C)c1C. The third-order valence-electron chi connectivity index (χ3n) is 5.07. The summed E-state index contributed by atoms with van der Waals surface area (Å²) in [5.74, 6) is 0.820. The van der Waals surface area contributed by atoms with Gasteiger partial charge in [-0.1, -0.05) is 30.0 Å². The minimum atomic E-state index is 0.108. The largest absolute Gasteiger partial charge is 0.294 e. The minimum Gasteiger partial charge on any atom is -0.294 e. The average molecular weight is 381 g/mol. The minimum absolute atomic E-state index is 0.108. The highest BCUT2D eigenvalue weighted by Crippen LogP contribution is 2.30. The van der Waals surface area contributed by atoms with Gasteiger partial charge in [0.2, 0.25) is 5.16 Å². The standard InChI is InChI=1S/C21H24N4OS/c1-12-8-7-9-19(15(12)4)25-21(22-23-24-25)27-11-18-13(2)10-14(3)20(16(18)5)17(6)26/h7-10H,11H2,1-6H3. The fourth-order valence-corrected chi connectivity index (χ4v) is 4.58. The first-order valence-corrected chi connectivity index (χ1v) is 9.88. The third-order valence-corrected chi connectivity index (χ3v) is 6.02. The van der Waals surface area contributed by atoms with Gasteiger partial charge >= 0.3 is 0 Å². The van der Waals surface area contributed by atoms with E-state index in [-0.39, 0.29) is 5.78 Å². The summed E-state index contributed by atoms with van der Waals surface area (Å²) < 4.78 is 1.79. The van der Waals surface area contributed by atoms with Crippen molar-refractivity contribution in [2.24, 2.45) is 0 Å². The Kier molecular flexibility index (Phi) is 5.46. The van der Waals surface area contributed by atoms with Gasteiger partial charge in [-0.05, 0) is 91.4 Å². The molecule has 0 aliphatic carbocycles. The van der Waals surface area contributed by atoms with E-state index in [1.54, 1.807) is 23.4 Å². The molecule has 5 nitrogen and oxygen atoms in total. The first-order chi connectivity index (χ1) is 12.8. The van der Waals surface area contributed by atoms with Gasteiger partial charge in [0.15, 0.2) is 5.78 Å². The molecular weight excluding hydrogens is 356 g/mol. The lowest BCUT2D eigenvalue weighted by Gasteiger charge is -2.15. The van der Waals surface area contributed by atoms with Crippen LogP contribution in [0.15, 0.2) is 29.4 Å². The van der Waals surface area contributed by atoms with E-state index in [1.807, 2.05) is 26.0 Å². The molecule has 3 rings (SSSR count). The normalized spacial score (nSPS) is 11.0. The zero-order chi connectivity index (χ0) is 19.7. The van der Waals surface area contributed by atoms with Crippen LogP contribution in [0.1, 0.15) is 50.7 Å². The third kappa shape index (κ3) is 3.67. The number of thioether (sulfide) groups is 1. The quantitative estimate of drug-likeness (QED) is 0.474. The number of carbonyl (C=O) groups is 1. The second-order valence-electron chi connectivity index (χ2n) is 6.93. The van der Waals surface area contributed by atoms with Crippen LogP contribution in [0.3, 0.4) is 0 Å². The fourth-order valence-electron chi connectivity index (χ4n) is 3.51. The van der Waals surface area contributed by atoms with Gasteiger partial charge in [0.1, 0.15) is 0 Å². The zero-order valence-electron chi connectivity index (χ0n) is 16.6. The summed E-state index contributed by atoms with van der Waals surface area (Å²) in [4.78, 5) is 12.0. The van der Waals surface area contributed by atoms with Gasteiger partial charge in [0.05, 0.1) is 5.69 Å². The number of ketones is 1. The second-order valence-corrected chi connectivity index (χ2v) is 7.87. The van der Waals surface area contributed by atoms with E-state index in [9.17, 15) is 4.79 Å². The summed E-state index contributed by atoms with van der Waals surface area (Å²) in [5.41, 5.74) is 8.63. The van der Waals surface area contributed by atoms with Crippen LogP contribution in [0.2, 0.25) is 0 Å². The van der Waals surface area contributed by atoms with E-state index in [0.29, 0.717) is 5.75 Å². The van der Waals surface area contributed by atoms with E-state index in [2.05, 4.69) is 48.4 Å². The number of aromatic nitrogens is 4. The van der Waals surface area contributed by atoms with Crippen molar-refractivity contribution in [2.45, 2.75) is 52.5 Å². The summed E-state index contributed by atoms with van der Waals surface area (Å²) in [6.45, 7) is 11.9. The maximum absolute atomic E-state index is 12.0. The van der Waals surface area contributed by atoms with Crippen molar-refractivity contribution in [1.82, 2.24) is 20.2 Å². The smallest absolute Gasteiger partial charge is 0.214 e. The van der Waals surface area contributed by atoms with Crippen molar-refractivity contribution in [3.05, 3.63) is 63.2 Å². The fraction of sp³-hybridized carbons (Fsp3) is 0.333. The maximum atomic E-state index is 12.0. The highest BCUT2D eigenvalue weighted by molar-refractivity contribution is 7.98. The molecule has 0 atom stereocenters. The summed E-state index contributed by atoms with van der Waals surface area (Å²) in [6.07, 6.45) is 0. The van der Waals surface area contributed by atoms with Gasteiger partial charge in [-0.25, -0.2) is 0 Å². The van der Waals surface area contributed by atoms with E-state index >= 15 is 0 Å². The summed E-state index contributed by atoms with van der Waals surface area (Å²) in [7, 11) is 0. The van der Waals surface area contributed by atoms with Gasteiger partial charge in [0.25, 0.3) is 0 Å². The Morgan fingerprint density at radius 3 is 2.48 bits per heavy atom. The Bertz CT molecular complexity index is 1020. The molecule has 3 aromatic rings. The number of tetrazole rings is 1. The summed E-state index contributed by atoms with van der Waals surface area (Å²) in [5, 5.41) is 13.0. The number of benzene rings is 2. The average Bonchev–Trinajstić information content (AvgIpc) is 3.04. The van der Waals surface area contributed by atoms with Crippen LogP contribution in [0.25, 0.3) is 5.69 Å². The van der Waals surface area contributed by atoms with E-state index < -0.39 is 0 Å². The topological polar surface area (TPSA) is 60.7 Å². The first-order valence-electron chi connectivity index (χ1n) is 8.89. The van der Waals surface area contributed by atoms with Crippen molar-refractivity contribution in [2.75, 3.05) is 0 Å². The molecule has 140 valence electrons. The van der Waals surface area contributed by atoms with E-state index in [1.165, 1.54) is 16.7 Å². The predicted octanol–water partition coefficient (Wildman–Crippen LogP) is 4.70. The van der Waals surface area contributed by atoms with Crippen LogP contribution >= 0.6 is 11.8 Å². The molecular formula is C21H24N4OS. The molecule has 2 aromatic carbocycles. The van der Waals surface area contributed by atoms with Crippen LogP contribution in [0, 0.1) is 34.6 Å². The Hall–Kier alpha value is -2.47. The van der Waals surface area contributed by atoms with Crippen molar-refractivity contribution >= 4 is 17.5 Å². The molecule has 1 heterocycles. The van der Waals surface area contributed by atoms with Crippen molar-refractivity contribution in [3.63, 3.8) is 0 Å². The molecule has 0 radical (unpaired) electrons. The number of hydrogen-bond acceptors (Lipinski definition) is 5. The van der Waals surface area contributed by atoms with Gasteiger partial charge < -0.3 is 0 Å². The number of Topliss-reactive ketones (excluding diaryl/α,β-unsaturated/α-hetero) is 1. The van der Waals surface area contributed by atoms with Gasteiger partial charge in [0, 0.05) is 11.3 Å².